The van der Waals surface area contributed by atoms with Gasteiger partial charge in [0.2, 0.25) is 0 Å². The number of rotatable bonds is 7. The third kappa shape index (κ3) is 5.14. The first-order valence-corrected chi connectivity index (χ1v) is 6.13. The molecule has 1 unspecified atom stereocenters. The van der Waals surface area contributed by atoms with Gasteiger partial charge in [0.25, 0.3) is 5.91 Å². The van der Waals surface area contributed by atoms with Gasteiger partial charge >= 0.3 is 0 Å². The van der Waals surface area contributed by atoms with Gasteiger partial charge in [0.15, 0.2) is 6.61 Å². The lowest BCUT2D eigenvalue weighted by Gasteiger charge is -2.13. The SMILES string of the molecule is CCCC(C)NC(=O)COc1ccc(CO)nc1. The van der Waals surface area contributed by atoms with Crippen LogP contribution in [0.3, 0.4) is 0 Å². The number of carbonyl (C=O) groups is 1. The molecule has 0 fully saturated rings. The second-order valence-electron chi connectivity index (χ2n) is 4.19. The molecule has 1 heterocycles. The van der Waals surface area contributed by atoms with Crippen molar-refractivity contribution in [2.24, 2.45) is 0 Å². The van der Waals surface area contributed by atoms with Crippen LogP contribution in [0.25, 0.3) is 0 Å². The first kappa shape index (κ1) is 14.4. The third-order valence-corrected chi connectivity index (χ3v) is 2.46. The maximum absolute atomic E-state index is 11.5. The van der Waals surface area contributed by atoms with Crippen LogP contribution in [-0.2, 0) is 11.4 Å². The van der Waals surface area contributed by atoms with Gasteiger partial charge in [0.05, 0.1) is 18.5 Å². The van der Waals surface area contributed by atoms with Crippen molar-refractivity contribution in [2.75, 3.05) is 6.61 Å². The van der Waals surface area contributed by atoms with Crippen LogP contribution in [0.2, 0.25) is 0 Å². The molecule has 1 aromatic rings. The molecule has 18 heavy (non-hydrogen) atoms. The van der Waals surface area contributed by atoms with Crippen molar-refractivity contribution in [3.8, 4) is 5.75 Å². The van der Waals surface area contributed by atoms with Gasteiger partial charge in [0.1, 0.15) is 5.75 Å². The van der Waals surface area contributed by atoms with Gasteiger partial charge in [-0.25, -0.2) is 0 Å². The number of aromatic nitrogens is 1. The Morgan fingerprint density at radius 3 is 2.89 bits per heavy atom. The fourth-order valence-corrected chi connectivity index (χ4v) is 1.56. The summed E-state index contributed by atoms with van der Waals surface area (Å²) in [6.45, 7) is 3.93. The molecule has 2 N–H and O–H groups in total. The van der Waals surface area contributed by atoms with E-state index in [1.54, 1.807) is 12.1 Å². The molecule has 1 aromatic heterocycles. The highest BCUT2D eigenvalue weighted by molar-refractivity contribution is 5.77. The molecule has 0 radical (unpaired) electrons. The molecule has 100 valence electrons. The number of hydrogen-bond acceptors (Lipinski definition) is 4. The Morgan fingerprint density at radius 2 is 2.33 bits per heavy atom. The highest BCUT2D eigenvalue weighted by Gasteiger charge is 2.07. The number of nitrogens with one attached hydrogen (secondary N) is 1. The van der Waals surface area contributed by atoms with E-state index in [1.165, 1.54) is 6.20 Å². The molecular weight excluding hydrogens is 232 g/mol. The summed E-state index contributed by atoms with van der Waals surface area (Å²) in [7, 11) is 0. The van der Waals surface area contributed by atoms with Crippen LogP contribution >= 0.6 is 0 Å². The van der Waals surface area contributed by atoms with Crippen molar-refractivity contribution < 1.29 is 14.6 Å². The highest BCUT2D eigenvalue weighted by Crippen LogP contribution is 2.08. The van der Waals surface area contributed by atoms with E-state index in [4.69, 9.17) is 9.84 Å². The maximum atomic E-state index is 11.5. The first-order valence-electron chi connectivity index (χ1n) is 6.13. The van der Waals surface area contributed by atoms with Gasteiger partial charge in [-0.2, -0.15) is 0 Å². The monoisotopic (exact) mass is 252 g/mol. The zero-order chi connectivity index (χ0) is 13.4. The fraction of sp³-hybridized carbons (Fsp3) is 0.538. The number of nitrogens with zero attached hydrogens (tertiary/aromatic N) is 1. The minimum atomic E-state index is -0.137. The summed E-state index contributed by atoms with van der Waals surface area (Å²) in [5.41, 5.74) is 0.573. The van der Waals surface area contributed by atoms with Gasteiger partial charge in [-0.3, -0.25) is 9.78 Å². The molecule has 0 saturated heterocycles. The summed E-state index contributed by atoms with van der Waals surface area (Å²) >= 11 is 0. The van der Waals surface area contributed by atoms with E-state index in [2.05, 4.69) is 17.2 Å². The topological polar surface area (TPSA) is 71.5 Å². The summed E-state index contributed by atoms with van der Waals surface area (Å²) in [5, 5.41) is 11.7. The van der Waals surface area contributed by atoms with Gasteiger partial charge in [0, 0.05) is 6.04 Å². The van der Waals surface area contributed by atoms with Crippen LogP contribution in [0.5, 0.6) is 5.75 Å². The largest absolute Gasteiger partial charge is 0.482 e. The van der Waals surface area contributed by atoms with Gasteiger partial charge < -0.3 is 15.2 Å². The van der Waals surface area contributed by atoms with E-state index in [9.17, 15) is 4.79 Å². The van der Waals surface area contributed by atoms with Crippen LogP contribution in [0.1, 0.15) is 32.4 Å². The summed E-state index contributed by atoms with van der Waals surface area (Å²) in [6, 6.07) is 3.51. The Hall–Kier alpha value is -1.62. The van der Waals surface area contributed by atoms with Crippen molar-refractivity contribution in [2.45, 2.75) is 39.3 Å². The maximum Gasteiger partial charge on any atom is 0.258 e. The molecule has 0 saturated carbocycles. The molecule has 0 aromatic carbocycles. The molecule has 0 aliphatic carbocycles. The number of amides is 1. The summed E-state index contributed by atoms with van der Waals surface area (Å²) in [4.78, 5) is 15.5. The minimum Gasteiger partial charge on any atom is -0.482 e. The Morgan fingerprint density at radius 1 is 1.56 bits per heavy atom. The van der Waals surface area contributed by atoms with E-state index in [-0.39, 0.29) is 25.2 Å². The molecule has 0 spiro atoms. The van der Waals surface area contributed by atoms with Crippen molar-refractivity contribution in [1.29, 1.82) is 0 Å². The predicted molar refractivity (Wildman–Crippen MR) is 68.2 cm³/mol. The predicted octanol–water partition coefficient (Wildman–Crippen LogP) is 1.26. The van der Waals surface area contributed by atoms with Crippen molar-refractivity contribution >= 4 is 5.91 Å². The number of aliphatic hydroxyl groups excluding tert-OH is 1. The van der Waals surface area contributed by atoms with Crippen molar-refractivity contribution in [3.05, 3.63) is 24.0 Å². The number of hydrogen-bond donors (Lipinski definition) is 2. The van der Waals surface area contributed by atoms with E-state index < -0.39 is 0 Å². The lowest BCUT2D eigenvalue weighted by Crippen LogP contribution is -2.35. The minimum absolute atomic E-state index is 0.0196. The van der Waals surface area contributed by atoms with Crippen molar-refractivity contribution in [1.82, 2.24) is 10.3 Å². The molecule has 0 bridgehead atoms. The van der Waals surface area contributed by atoms with Crippen LogP contribution in [-0.4, -0.2) is 28.6 Å². The molecule has 1 rings (SSSR count). The lowest BCUT2D eigenvalue weighted by atomic mass is 10.2. The van der Waals surface area contributed by atoms with Crippen LogP contribution in [0.4, 0.5) is 0 Å². The molecule has 0 aliphatic rings. The summed E-state index contributed by atoms with van der Waals surface area (Å²) in [5.74, 6) is 0.382. The van der Waals surface area contributed by atoms with Crippen molar-refractivity contribution in [3.63, 3.8) is 0 Å². The summed E-state index contributed by atoms with van der Waals surface area (Å²) < 4.78 is 5.29. The lowest BCUT2D eigenvalue weighted by molar-refractivity contribution is -0.123. The van der Waals surface area contributed by atoms with Gasteiger partial charge in [-0.05, 0) is 25.5 Å². The standard InChI is InChI=1S/C13H20N2O3/c1-3-4-10(2)15-13(17)9-18-12-6-5-11(8-16)14-7-12/h5-7,10,16H,3-4,8-9H2,1-2H3,(H,15,17). The Bertz CT molecular complexity index is 365. The Balaban J connectivity index is 2.33. The van der Waals surface area contributed by atoms with Gasteiger partial charge in [-0.1, -0.05) is 13.3 Å². The molecule has 1 amide bonds. The van der Waals surface area contributed by atoms with Crippen LogP contribution in [0, 0.1) is 0 Å². The van der Waals surface area contributed by atoms with Crippen LogP contribution < -0.4 is 10.1 Å². The zero-order valence-corrected chi connectivity index (χ0v) is 10.8. The second-order valence-corrected chi connectivity index (χ2v) is 4.19. The Kier molecular flexibility index (Phi) is 6.14. The average Bonchev–Trinajstić information content (AvgIpc) is 2.37. The number of pyridine rings is 1. The number of ether oxygens (including phenoxy) is 1. The number of carbonyl (C=O) groups excluding carboxylic acids is 1. The second kappa shape index (κ2) is 7.66. The molecule has 1 atom stereocenters. The Labute approximate surface area is 107 Å². The average molecular weight is 252 g/mol. The number of aliphatic hydroxyl groups is 1. The van der Waals surface area contributed by atoms with E-state index in [0.717, 1.165) is 12.8 Å². The molecular formula is C13H20N2O3. The normalized spacial score (nSPS) is 11.9. The van der Waals surface area contributed by atoms with Gasteiger partial charge in [-0.15, -0.1) is 0 Å². The van der Waals surface area contributed by atoms with Crippen LogP contribution in [0.15, 0.2) is 18.3 Å². The van der Waals surface area contributed by atoms with E-state index >= 15 is 0 Å². The van der Waals surface area contributed by atoms with E-state index in [1.807, 2.05) is 6.92 Å². The molecule has 5 nitrogen and oxygen atoms in total. The summed E-state index contributed by atoms with van der Waals surface area (Å²) in [6.07, 6.45) is 3.49. The third-order valence-electron chi connectivity index (χ3n) is 2.46. The highest BCUT2D eigenvalue weighted by atomic mass is 16.5. The quantitative estimate of drug-likeness (QED) is 0.766. The van der Waals surface area contributed by atoms with E-state index in [0.29, 0.717) is 11.4 Å². The fourth-order valence-electron chi connectivity index (χ4n) is 1.56. The molecule has 0 aliphatic heterocycles. The zero-order valence-electron chi connectivity index (χ0n) is 10.8. The molecule has 5 heteroatoms. The smallest absolute Gasteiger partial charge is 0.258 e. The first-order chi connectivity index (χ1) is 8.65.